The number of aromatic amines is 1. The molecule has 2 atom stereocenters. The third kappa shape index (κ3) is 2.72. The van der Waals surface area contributed by atoms with Crippen molar-refractivity contribution in [1.82, 2.24) is 10.3 Å². The highest BCUT2D eigenvalue weighted by Gasteiger charge is 2.22. The Hall–Kier alpha value is -1.77. The Morgan fingerprint density at radius 3 is 2.85 bits per heavy atom. The van der Waals surface area contributed by atoms with Crippen LogP contribution in [0.15, 0.2) is 30.3 Å². The van der Waals surface area contributed by atoms with Crippen molar-refractivity contribution in [3.05, 3.63) is 36.0 Å². The molecule has 2 aromatic rings. The smallest absolute Gasteiger partial charge is 0.267 e. The highest BCUT2D eigenvalue weighted by molar-refractivity contribution is 5.98. The van der Waals surface area contributed by atoms with Crippen LogP contribution >= 0.6 is 0 Å². The fraction of sp³-hybridized carbons (Fsp3) is 0.471. The van der Waals surface area contributed by atoms with E-state index in [4.69, 9.17) is 0 Å². The summed E-state index contributed by atoms with van der Waals surface area (Å²) < 4.78 is 0. The van der Waals surface area contributed by atoms with Gasteiger partial charge in [-0.3, -0.25) is 4.79 Å². The molecule has 0 spiro atoms. The summed E-state index contributed by atoms with van der Waals surface area (Å²) in [5, 5.41) is 4.31. The summed E-state index contributed by atoms with van der Waals surface area (Å²) >= 11 is 0. The average molecular weight is 270 g/mol. The van der Waals surface area contributed by atoms with Gasteiger partial charge in [-0.15, -0.1) is 0 Å². The Bertz CT molecular complexity index is 569. The predicted octanol–water partition coefficient (Wildman–Crippen LogP) is 3.87. The fourth-order valence-electron chi connectivity index (χ4n) is 3.15. The van der Waals surface area contributed by atoms with Gasteiger partial charge in [-0.25, -0.2) is 0 Å². The van der Waals surface area contributed by atoms with Crippen LogP contribution in [0.1, 0.15) is 49.5 Å². The van der Waals surface area contributed by atoms with Gasteiger partial charge in [0.05, 0.1) is 0 Å². The molecule has 1 aromatic carbocycles. The Morgan fingerprint density at radius 1 is 1.20 bits per heavy atom. The van der Waals surface area contributed by atoms with Gasteiger partial charge < -0.3 is 10.3 Å². The maximum Gasteiger partial charge on any atom is 0.267 e. The van der Waals surface area contributed by atoms with E-state index in [2.05, 4.69) is 17.2 Å². The number of hydrogen-bond donors (Lipinski definition) is 2. The lowest BCUT2D eigenvalue weighted by molar-refractivity contribution is 0.0917. The van der Waals surface area contributed by atoms with E-state index in [-0.39, 0.29) is 5.91 Å². The monoisotopic (exact) mass is 270 g/mol. The van der Waals surface area contributed by atoms with Gasteiger partial charge in [-0.2, -0.15) is 0 Å². The van der Waals surface area contributed by atoms with E-state index in [0.717, 1.165) is 17.3 Å². The quantitative estimate of drug-likeness (QED) is 0.799. The number of nitrogens with one attached hydrogen (secondary N) is 2. The topological polar surface area (TPSA) is 44.9 Å². The third-order valence-electron chi connectivity index (χ3n) is 4.45. The van der Waals surface area contributed by atoms with Gasteiger partial charge in [0.25, 0.3) is 5.91 Å². The van der Waals surface area contributed by atoms with Crippen LogP contribution in [0.4, 0.5) is 0 Å². The van der Waals surface area contributed by atoms with Crippen molar-refractivity contribution in [2.75, 3.05) is 0 Å². The van der Waals surface area contributed by atoms with E-state index in [1.807, 2.05) is 30.3 Å². The number of carbonyl (C=O) groups is 1. The van der Waals surface area contributed by atoms with Crippen LogP contribution < -0.4 is 5.32 Å². The van der Waals surface area contributed by atoms with Crippen molar-refractivity contribution in [3.8, 4) is 0 Å². The minimum absolute atomic E-state index is 0.0277. The van der Waals surface area contributed by atoms with Crippen molar-refractivity contribution in [1.29, 1.82) is 0 Å². The fourth-order valence-corrected chi connectivity index (χ4v) is 3.15. The Balaban J connectivity index is 1.74. The molecule has 0 bridgehead atoms. The summed E-state index contributed by atoms with van der Waals surface area (Å²) in [5.74, 6) is 0.603. The van der Waals surface area contributed by atoms with Crippen molar-refractivity contribution < 1.29 is 4.79 Å². The summed E-state index contributed by atoms with van der Waals surface area (Å²) in [6, 6.07) is 10.2. The van der Waals surface area contributed by atoms with E-state index in [1.165, 1.54) is 25.7 Å². The Kier molecular flexibility index (Phi) is 3.77. The van der Waals surface area contributed by atoms with Crippen molar-refractivity contribution in [2.45, 2.75) is 45.1 Å². The molecule has 1 amide bonds. The number of aromatic nitrogens is 1. The Labute approximate surface area is 119 Å². The number of benzene rings is 1. The van der Waals surface area contributed by atoms with Gasteiger partial charge in [0.2, 0.25) is 0 Å². The number of hydrogen-bond acceptors (Lipinski definition) is 1. The van der Waals surface area contributed by atoms with Gasteiger partial charge in [-0.05, 0) is 30.9 Å². The molecule has 106 valence electrons. The first-order chi connectivity index (χ1) is 9.74. The van der Waals surface area contributed by atoms with Crippen molar-refractivity contribution in [3.63, 3.8) is 0 Å². The summed E-state index contributed by atoms with van der Waals surface area (Å²) in [6.07, 6.45) is 6.13. The zero-order valence-electron chi connectivity index (χ0n) is 12.0. The van der Waals surface area contributed by atoms with Crippen LogP contribution in [0.25, 0.3) is 10.9 Å². The zero-order valence-corrected chi connectivity index (χ0v) is 12.0. The minimum atomic E-state index is 0.0277. The highest BCUT2D eigenvalue weighted by Crippen LogP contribution is 2.23. The molecular formula is C17H22N2O. The van der Waals surface area contributed by atoms with Gasteiger partial charge in [0.15, 0.2) is 0 Å². The molecule has 2 N–H and O–H groups in total. The molecule has 0 saturated heterocycles. The average Bonchev–Trinajstić information content (AvgIpc) is 2.79. The number of rotatable bonds is 2. The lowest BCUT2D eigenvalue weighted by Crippen LogP contribution is -2.39. The van der Waals surface area contributed by atoms with E-state index in [0.29, 0.717) is 17.7 Å². The normalized spacial score (nSPS) is 23.4. The molecule has 3 heteroatoms. The SMILES string of the molecule is CC1CCCCCC1NC(=O)c1cc2ccccc2[nH]1. The first-order valence-corrected chi connectivity index (χ1v) is 7.62. The molecule has 1 saturated carbocycles. The largest absolute Gasteiger partial charge is 0.351 e. The molecule has 1 fully saturated rings. The van der Waals surface area contributed by atoms with E-state index >= 15 is 0 Å². The van der Waals surface area contributed by atoms with Crippen LogP contribution in [0.5, 0.6) is 0 Å². The van der Waals surface area contributed by atoms with Gasteiger partial charge in [0, 0.05) is 16.9 Å². The second kappa shape index (κ2) is 5.70. The van der Waals surface area contributed by atoms with Crippen LogP contribution in [-0.4, -0.2) is 16.9 Å². The molecule has 3 rings (SSSR count). The maximum absolute atomic E-state index is 12.4. The molecule has 20 heavy (non-hydrogen) atoms. The highest BCUT2D eigenvalue weighted by atomic mass is 16.1. The molecule has 1 aliphatic rings. The molecule has 2 unspecified atom stereocenters. The number of para-hydroxylation sites is 1. The van der Waals surface area contributed by atoms with E-state index < -0.39 is 0 Å². The van der Waals surface area contributed by atoms with Gasteiger partial charge in [0.1, 0.15) is 5.69 Å². The first-order valence-electron chi connectivity index (χ1n) is 7.62. The molecular weight excluding hydrogens is 248 g/mol. The molecule has 1 aromatic heterocycles. The maximum atomic E-state index is 12.4. The second-order valence-electron chi connectivity index (χ2n) is 5.97. The summed E-state index contributed by atoms with van der Waals surface area (Å²) in [5.41, 5.74) is 1.69. The van der Waals surface area contributed by atoms with Crippen molar-refractivity contribution >= 4 is 16.8 Å². The zero-order chi connectivity index (χ0) is 13.9. The van der Waals surface area contributed by atoms with Gasteiger partial charge in [-0.1, -0.05) is 44.4 Å². The molecule has 0 radical (unpaired) electrons. The summed E-state index contributed by atoms with van der Waals surface area (Å²) in [7, 11) is 0. The second-order valence-corrected chi connectivity index (χ2v) is 5.97. The van der Waals surface area contributed by atoms with Crippen LogP contribution in [-0.2, 0) is 0 Å². The molecule has 0 aliphatic heterocycles. The standard InChI is InChI=1S/C17H22N2O/c1-12-7-3-2-4-9-14(12)19-17(20)16-11-13-8-5-6-10-15(13)18-16/h5-6,8,10-12,14,18H,2-4,7,9H2,1H3,(H,19,20). The van der Waals surface area contributed by atoms with Gasteiger partial charge >= 0.3 is 0 Å². The third-order valence-corrected chi connectivity index (χ3v) is 4.45. The molecule has 3 nitrogen and oxygen atoms in total. The molecule has 1 aliphatic carbocycles. The number of H-pyrrole nitrogens is 1. The van der Waals surface area contributed by atoms with Crippen molar-refractivity contribution in [2.24, 2.45) is 5.92 Å². The lowest BCUT2D eigenvalue weighted by Gasteiger charge is -2.22. The number of amides is 1. The number of fused-ring (bicyclic) bond motifs is 1. The Morgan fingerprint density at radius 2 is 2.00 bits per heavy atom. The lowest BCUT2D eigenvalue weighted by atomic mass is 9.97. The van der Waals surface area contributed by atoms with E-state index in [9.17, 15) is 4.79 Å². The van der Waals surface area contributed by atoms with Crippen LogP contribution in [0.3, 0.4) is 0 Å². The number of carbonyl (C=O) groups excluding carboxylic acids is 1. The summed E-state index contributed by atoms with van der Waals surface area (Å²) in [6.45, 7) is 2.25. The first kappa shape index (κ1) is 13.2. The van der Waals surface area contributed by atoms with Crippen LogP contribution in [0.2, 0.25) is 0 Å². The van der Waals surface area contributed by atoms with Crippen LogP contribution in [0, 0.1) is 5.92 Å². The summed E-state index contributed by atoms with van der Waals surface area (Å²) in [4.78, 5) is 15.6. The predicted molar refractivity (Wildman–Crippen MR) is 81.8 cm³/mol. The minimum Gasteiger partial charge on any atom is -0.351 e. The molecule has 1 heterocycles. The van der Waals surface area contributed by atoms with E-state index in [1.54, 1.807) is 0 Å².